The number of alkyl halides is 3. The van der Waals surface area contributed by atoms with Gasteiger partial charge in [0.05, 0.1) is 5.88 Å². The number of hydrogen-bond donors (Lipinski definition) is 1. The highest BCUT2D eigenvalue weighted by atomic mass is 35.5. The molecule has 2 N–H and O–H groups in total. The minimum atomic E-state index is -1.70. The van der Waals surface area contributed by atoms with Crippen LogP contribution in [0.25, 0.3) is 0 Å². The Morgan fingerprint density at radius 1 is 1.67 bits per heavy atom. The normalized spacial score (nSPS) is 11.0. The fraction of sp³-hybridized carbons (Fsp3) is 0.667. The van der Waals surface area contributed by atoms with Crippen LogP contribution in [0, 0.1) is 0 Å². The molecular weight excluding hydrogens is 188 g/mol. The van der Waals surface area contributed by atoms with Gasteiger partial charge in [0.2, 0.25) is 0 Å². The zero-order valence-electron chi connectivity index (χ0n) is 4.23. The zero-order chi connectivity index (χ0) is 7.49. The second-order valence-corrected chi connectivity index (χ2v) is 2.87. The fourth-order valence-corrected chi connectivity index (χ4v) is 0.381. The molecule has 0 aliphatic heterocycles. The quantitative estimate of drug-likeness (QED) is 0.673. The van der Waals surface area contributed by atoms with Crippen molar-refractivity contribution in [3.63, 3.8) is 0 Å². The molecule has 0 aromatic heterocycles. The Kier molecular flexibility index (Phi) is 3.40. The summed E-state index contributed by atoms with van der Waals surface area (Å²) in [7, 11) is 0. The van der Waals surface area contributed by atoms with E-state index in [2.05, 4.69) is 10.5 Å². The van der Waals surface area contributed by atoms with E-state index in [0.29, 0.717) is 0 Å². The first-order chi connectivity index (χ1) is 3.98. The summed E-state index contributed by atoms with van der Waals surface area (Å²) in [6, 6.07) is 0. The van der Waals surface area contributed by atoms with Gasteiger partial charge >= 0.3 is 6.09 Å². The Balaban J connectivity index is 3.71. The summed E-state index contributed by atoms with van der Waals surface area (Å²) in [5.41, 5.74) is 4.57. The van der Waals surface area contributed by atoms with E-state index >= 15 is 0 Å². The van der Waals surface area contributed by atoms with Crippen molar-refractivity contribution >= 4 is 40.9 Å². The van der Waals surface area contributed by atoms with Crippen LogP contribution in [0.15, 0.2) is 0 Å². The van der Waals surface area contributed by atoms with Crippen LogP contribution in [0.2, 0.25) is 0 Å². The van der Waals surface area contributed by atoms with E-state index in [-0.39, 0.29) is 5.88 Å². The minimum absolute atomic E-state index is 0.223. The lowest BCUT2D eigenvalue weighted by molar-refractivity contribution is 0.134. The molecule has 0 aromatic rings. The Morgan fingerprint density at radius 3 is 2.22 bits per heavy atom. The van der Waals surface area contributed by atoms with Crippen LogP contribution in [0.5, 0.6) is 0 Å². The maximum atomic E-state index is 9.95. The molecule has 0 aromatic carbocycles. The molecule has 0 aliphatic rings. The number of ether oxygens (including phenoxy) is 1. The molecule has 0 saturated carbocycles. The SMILES string of the molecule is NC(=O)OC(Cl)(Cl)CCl. The van der Waals surface area contributed by atoms with Crippen LogP contribution in [0.4, 0.5) is 4.79 Å². The van der Waals surface area contributed by atoms with Crippen molar-refractivity contribution in [3.05, 3.63) is 0 Å². The lowest BCUT2D eigenvalue weighted by Gasteiger charge is -2.13. The lowest BCUT2D eigenvalue weighted by Crippen LogP contribution is -2.27. The molecule has 9 heavy (non-hydrogen) atoms. The monoisotopic (exact) mass is 191 g/mol. The van der Waals surface area contributed by atoms with Gasteiger partial charge in [-0.2, -0.15) is 0 Å². The smallest absolute Gasteiger partial charge is 0.407 e. The van der Waals surface area contributed by atoms with E-state index in [1.54, 1.807) is 0 Å². The second kappa shape index (κ2) is 3.34. The van der Waals surface area contributed by atoms with Gasteiger partial charge in [0.1, 0.15) is 0 Å². The van der Waals surface area contributed by atoms with Crippen molar-refractivity contribution in [2.24, 2.45) is 5.73 Å². The fourth-order valence-electron chi connectivity index (χ4n) is 0.174. The van der Waals surface area contributed by atoms with E-state index in [0.717, 1.165) is 0 Å². The molecule has 0 aliphatic carbocycles. The highest BCUT2D eigenvalue weighted by molar-refractivity contribution is 6.50. The first-order valence-electron chi connectivity index (χ1n) is 1.90. The van der Waals surface area contributed by atoms with Crippen LogP contribution in [-0.4, -0.2) is 16.5 Å². The van der Waals surface area contributed by atoms with Crippen molar-refractivity contribution in [1.29, 1.82) is 0 Å². The summed E-state index contributed by atoms with van der Waals surface area (Å²) in [4.78, 5) is 9.95. The van der Waals surface area contributed by atoms with E-state index in [1.807, 2.05) is 0 Å². The molecule has 0 fully saturated rings. The molecule has 1 amide bonds. The van der Waals surface area contributed by atoms with Crippen LogP contribution < -0.4 is 5.73 Å². The Bertz CT molecular complexity index is 116. The van der Waals surface area contributed by atoms with Gasteiger partial charge in [-0.25, -0.2) is 4.79 Å². The Hall–Kier alpha value is 0.140. The Morgan fingerprint density at radius 2 is 2.11 bits per heavy atom. The molecule has 3 nitrogen and oxygen atoms in total. The number of carbonyl (C=O) groups excluding carboxylic acids is 1. The summed E-state index contributed by atoms with van der Waals surface area (Å²) in [5, 5.41) is 0. The summed E-state index contributed by atoms with van der Waals surface area (Å²) >= 11 is 15.6. The number of rotatable bonds is 2. The highest BCUT2D eigenvalue weighted by Crippen LogP contribution is 2.23. The Labute approximate surface area is 67.0 Å². The number of amides is 1. The van der Waals surface area contributed by atoms with Gasteiger partial charge in [0.25, 0.3) is 4.52 Å². The van der Waals surface area contributed by atoms with Crippen molar-refractivity contribution in [1.82, 2.24) is 0 Å². The lowest BCUT2D eigenvalue weighted by atomic mass is 10.8. The topological polar surface area (TPSA) is 52.3 Å². The van der Waals surface area contributed by atoms with Crippen LogP contribution >= 0.6 is 34.8 Å². The van der Waals surface area contributed by atoms with Gasteiger partial charge in [-0.05, 0) is 0 Å². The van der Waals surface area contributed by atoms with Gasteiger partial charge in [0.15, 0.2) is 0 Å². The summed E-state index contributed by atoms with van der Waals surface area (Å²) < 4.78 is 2.42. The van der Waals surface area contributed by atoms with Crippen LogP contribution in [-0.2, 0) is 4.74 Å². The molecule has 0 radical (unpaired) electrons. The van der Waals surface area contributed by atoms with E-state index in [9.17, 15) is 4.79 Å². The first-order valence-corrected chi connectivity index (χ1v) is 3.19. The zero-order valence-corrected chi connectivity index (χ0v) is 6.50. The number of primary amides is 1. The average Bonchev–Trinajstić information content (AvgIpc) is 1.63. The van der Waals surface area contributed by atoms with Crippen molar-refractivity contribution in [2.75, 3.05) is 5.88 Å². The minimum Gasteiger partial charge on any atom is -0.411 e. The van der Waals surface area contributed by atoms with E-state index in [4.69, 9.17) is 34.8 Å². The maximum absolute atomic E-state index is 9.95. The first kappa shape index (κ1) is 9.14. The van der Waals surface area contributed by atoms with Gasteiger partial charge in [-0.3, -0.25) is 0 Å². The van der Waals surface area contributed by atoms with Crippen molar-refractivity contribution in [3.8, 4) is 0 Å². The largest absolute Gasteiger partial charge is 0.411 e. The third-order valence-corrected chi connectivity index (χ3v) is 1.48. The second-order valence-electron chi connectivity index (χ2n) is 1.19. The molecule has 0 bridgehead atoms. The van der Waals surface area contributed by atoms with Crippen molar-refractivity contribution in [2.45, 2.75) is 4.52 Å². The summed E-state index contributed by atoms with van der Waals surface area (Å²) in [6.07, 6.45) is -1.05. The number of carbonyl (C=O) groups is 1. The standard InChI is InChI=1S/C3H4Cl3NO2/c4-1-3(5,6)9-2(7)8/h1H2,(H2,7,8). The average molecular weight is 192 g/mol. The molecule has 0 spiro atoms. The molecule has 0 unspecified atom stereocenters. The predicted molar refractivity (Wildman–Crippen MR) is 35.8 cm³/mol. The number of nitrogens with two attached hydrogens (primary N) is 1. The van der Waals surface area contributed by atoms with Gasteiger partial charge in [-0.15, -0.1) is 11.6 Å². The van der Waals surface area contributed by atoms with E-state index in [1.165, 1.54) is 0 Å². The summed E-state index contributed by atoms with van der Waals surface area (Å²) in [5.74, 6) is -0.223. The van der Waals surface area contributed by atoms with Gasteiger partial charge in [-0.1, -0.05) is 23.2 Å². The van der Waals surface area contributed by atoms with E-state index < -0.39 is 10.6 Å². The molecule has 0 saturated heterocycles. The molecule has 0 atom stereocenters. The van der Waals surface area contributed by atoms with Crippen molar-refractivity contribution < 1.29 is 9.53 Å². The highest BCUT2D eigenvalue weighted by Gasteiger charge is 2.26. The van der Waals surface area contributed by atoms with Gasteiger partial charge in [0, 0.05) is 0 Å². The maximum Gasteiger partial charge on any atom is 0.407 e. The number of halogens is 3. The third-order valence-electron chi connectivity index (χ3n) is 0.405. The molecule has 0 rings (SSSR count). The molecule has 54 valence electrons. The summed E-state index contributed by atoms with van der Waals surface area (Å²) in [6.45, 7) is 0. The molecule has 0 heterocycles. The number of hydrogen-bond acceptors (Lipinski definition) is 2. The molecular formula is C3H4Cl3NO2. The van der Waals surface area contributed by atoms with Crippen LogP contribution in [0.1, 0.15) is 0 Å². The predicted octanol–water partition coefficient (Wildman–Crippen LogP) is 1.45. The molecule has 6 heteroatoms. The third kappa shape index (κ3) is 4.63. The van der Waals surface area contributed by atoms with Gasteiger partial charge < -0.3 is 10.5 Å². The van der Waals surface area contributed by atoms with Crippen LogP contribution in [0.3, 0.4) is 0 Å².